The maximum absolute atomic E-state index is 13.2. The Labute approximate surface area is 238 Å². The Balaban J connectivity index is 1.40. The van der Waals surface area contributed by atoms with E-state index in [1.54, 1.807) is 66.7 Å². The zero-order valence-electron chi connectivity index (χ0n) is 19.7. The molecule has 6 nitrogen and oxygen atoms in total. The molecule has 0 spiro atoms. The van der Waals surface area contributed by atoms with Crippen LogP contribution in [0.25, 0.3) is 6.08 Å². The van der Waals surface area contributed by atoms with Gasteiger partial charge < -0.3 is 16.0 Å². The highest BCUT2D eigenvalue weighted by atomic mass is 35.5. The van der Waals surface area contributed by atoms with Crippen LogP contribution in [0, 0.1) is 0 Å². The molecule has 1 aromatic heterocycles. The molecule has 10 heteroatoms. The van der Waals surface area contributed by atoms with E-state index in [0.29, 0.717) is 27.0 Å². The van der Waals surface area contributed by atoms with Crippen molar-refractivity contribution in [2.75, 3.05) is 16.4 Å². The SMILES string of the molecule is O=C(CSc1cccc(NC(=O)/C(=C/c2ccsc2)NC(=O)c2ccccc2)c1)Nc1ccc(Cl)c(Cl)c1. The Morgan fingerprint density at radius 1 is 0.842 bits per heavy atom. The standard InChI is InChI=1S/C28H21Cl2N3O3S2/c29-23-10-9-21(15-24(23)30)31-26(34)17-38-22-8-4-7-20(14-22)32-28(36)25(13-18-11-12-37-16-18)33-27(35)19-5-2-1-3-6-19/h1-16H,17H2,(H,31,34)(H,32,36)(H,33,35)/b25-13-. The number of amides is 3. The van der Waals surface area contributed by atoms with Crippen molar-refractivity contribution in [1.29, 1.82) is 0 Å². The van der Waals surface area contributed by atoms with Crippen LogP contribution in [-0.4, -0.2) is 23.5 Å². The fourth-order valence-corrected chi connectivity index (χ4v) is 4.92. The van der Waals surface area contributed by atoms with Crippen molar-refractivity contribution in [1.82, 2.24) is 5.32 Å². The molecule has 0 bridgehead atoms. The van der Waals surface area contributed by atoms with Crippen LogP contribution in [0.3, 0.4) is 0 Å². The number of hydrogen-bond acceptors (Lipinski definition) is 5. The van der Waals surface area contributed by atoms with E-state index in [2.05, 4.69) is 16.0 Å². The van der Waals surface area contributed by atoms with Gasteiger partial charge in [-0.15, -0.1) is 11.8 Å². The van der Waals surface area contributed by atoms with E-state index in [4.69, 9.17) is 23.2 Å². The monoisotopic (exact) mass is 581 g/mol. The average Bonchev–Trinajstić information content (AvgIpc) is 3.43. The maximum atomic E-state index is 13.2. The fraction of sp³-hybridized carbons (Fsp3) is 0.0357. The lowest BCUT2D eigenvalue weighted by molar-refractivity contribution is -0.114. The molecular weight excluding hydrogens is 561 g/mol. The van der Waals surface area contributed by atoms with Crippen molar-refractivity contribution in [2.24, 2.45) is 0 Å². The van der Waals surface area contributed by atoms with Gasteiger partial charge in [0.25, 0.3) is 11.8 Å². The molecular formula is C28H21Cl2N3O3S2. The molecule has 0 saturated heterocycles. The predicted octanol–water partition coefficient (Wildman–Crippen LogP) is 7.20. The molecule has 0 radical (unpaired) electrons. The van der Waals surface area contributed by atoms with Gasteiger partial charge >= 0.3 is 0 Å². The lowest BCUT2D eigenvalue weighted by atomic mass is 10.2. The molecule has 4 rings (SSSR count). The number of hydrogen-bond donors (Lipinski definition) is 3. The molecule has 38 heavy (non-hydrogen) atoms. The molecule has 0 aliphatic rings. The lowest BCUT2D eigenvalue weighted by Crippen LogP contribution is -2.30. The van der Waals surface area contributed by atoms with Crippen LogP contribution < -0.4 is 16.0 Å². The van der Waals surface area contributed by atoms with Crippen LogP contribution in [0.4, 0.5) is 11.4 Å². The van der Waals surface area contributed by atoms with Crippen molar-refractivity contribution in [2.45, 2.75) is 4.90 Å². The first kappa shape index (κ1) is 27.5. The van der Waals surface area contributed by atoms with E-state index in [0.717, 1.165) is 10.5 Å². The number of thiophene rings is 1. The van der Waals surface area contributed by atoms with Gasteiger partial charge in [0.1, 0.15) is 5.70 Å². The van der Waals surface area contributed by atoms with Crippen molar-refractivity contribution in [3.63, 3.8) is 0 Å². The Morgan fingerprint density at radius 3 is 2.37 bits per heavy atom. The normalized spacial score (nSPS) is 11.1. The van der Waals surface area contributed by atoms with Gasteiger partial charge in [0, 0.05) is 21.8 Å². The van der Waals surface area contributed by atoms with E-state index >= 15 is 0 Å². The summed E-state index contributed by atoms with van der Waals surface area (Å²) in [7, 11) is 0. The molecule has 1 heterocycles. The second-order valence-corrected chi connectivity index (χ2v) is 10.5. The smallest absolute Gasteiger partial charge is 0.272 e. The molecule has 0 aliphatic heterocycles. The zero-order chi connectivity index (χ0) is 26.9. The summed E-state index contributed by atoms with van der Waals surface area (Å²) in [6.45, 7) is 0. The van der Waals surface area contributed by atoms with Gasteiger partial charge in [0.15, 0.2) is 0 Å². The van der Waals surface area contributed by atoms with Crippen LogP contribution in [0.5, 0.6) is 0 Å². The number of halogens is 2. The first-order valence-corrected chi connectivity index (χ1v) is 14.0. The molecule has 3 amide bonds. The molecule has 0 atom stereocenters. The summed E-state index contributed by atoms with van der Waals surface area (Å²) in [5.41, 5.74) is 2.42. The largest absolute Gasteiger partial charge is 0.325 e. The van der Waals surface area contributed by atoms with Crippen molar-refractivity contribution < 1.29 is 14.4 Å². The molecule has 0 aliphatic carbocycles. The fourth-order valence-electron chi connectivity index (χ4n) is 3.25. The number of carbonyl (C=O) groups is 3. The Hall–Kier alpha value is -3.56. The highest BCUT2D eigenvalue weighted by molar-refractivity contribution is 8.00. The topological polar surface area (TPSA) is 87.3 Å². The van der Waals surface area contributed by atoms with Gasteiger partial charge in [-0.3, -0.25) is 14.4 Å². The average molecular weight is 583 g/mol. The minimum absolute atomic E-state index is 0.108. The first-order valence-electron chi connectivity index (χ1n) is 11.3. The number of benzene rings is 3. The van der Waals surface area contributed by atoms with E-state index in [1.807, 2.05) is 29.0 Å². The Kier molecular flexibility index (Phi) is 9.62. The number of anilines is 2. The third-order valence-electron chi connectivity index (χ3n) is 5.05. The second-order valence-electron chi connectivity index (χ2n) is 7.88. The van der Waals surface area contributed by atoms with E-state index in [-0.39, 0.29) is 23.3 Å². The van der Waals surface area contributed by atoms with Gasteiger partial charge in [-0.2, -0.15) is 11.3 Å². The van der Waals surface area contributed by atoms with Gasteiger partial charge in [-0.25, -0.2) is 0 Å². The van der Waals surface area contributed by atoms with Crippen LogP contribution in [0.2, 0.25) is 10.0 Å². The Morgan fingerprint density at radius 2 is 1.63 bits per heavy atom. The van der Waals surface area contributed by atoms with Gasteiger partial charge in [0.2, 0.25) is 5.91 Å². The second kappa shape index (κ2) is 13.3. The van der Waals surface area contributed by atoms with Crippen molar-refractivity contribution in [3.8, 4) is 0 Å². The number of nitrogens with one attached hydrogen (secondary N) is 3. The van der Waals surface area contributed by atoms with Crippen LogP contribution in [0.1, 0.15) is 15.9 Å². The Bertz CT molecular complexity index is 1480. The van der Waals surface area contributed by atoms with E-state index in [9.17, 15) is 14.4 Å². The minimum Gasteiger partial charge on any atom is -0.325 e. The van der Waals surface area contributed by atoms with Gasteiger partial charge in [0.05, 0.1) is 15.8 Å². The third kappa shape index (κ3) is 7.97. The highest BCUT2D eigenvalue weighted by Crippen LogP contribution is 2.26. The molecule has 0 saturated carbocycles. The summed E-state index contributed by atoms with van der Waals surface area (Å²) in [5.74, 6) is -0.930. The van der Waals surface area contributed by atoms with Crippen molar-refractivity contribution >= 4 is 81.5 Å². The highest BCUT2D eigenvalue weighted by Gasteiger charge is 2.15. The molecule has 192 valence electrons. The molecule has 0 fully saturated rings. The molecule has 0 unspecified atom stereocenters. The number of carbonyl (C=O) groups excluding carboxylic acids is 3. The summed E-state index contributed by atoms with van der Waals surface area (Å²) in [5, 5.41) is 12.8. The molecule has 3 N–H and O–H groups in total. The quantitative estimate of drug-likeness (QED) is 0.144. The number of thioether (sulfide) groups is 1. The summed E-state index contributed by atoms with van der Waals surface area (Å²) in [4.78, 5) is 39.0. The van der Waals surface area contributed by atoms with Crippen LogP contribution >= 0.6 is 46.3 Å². The molecule has 3 aromatic carbocycles. The predicted molar refractivity (Wildman–Crippen MR) is 157 cm³/mol. The van der Waals surface area contributed by atoms with Crippen molar-refractivity contribution in [3.05, 3.63) is 116 Å². The minimum atomic E-state index is -0.472. The zero-order valence-corrected chi connectivity index (χ0v) is 22.9. The summed E-state index contributed by atoms with van der Waals surface area (Å²) < 4.78 is 0. The summed E-state index contributed by atoms with van der Waals surface area (Å²) >= 11 is 14.7. The first-order chi connectivity index (χ1) is 18.4. The van der Waals surface area contributed by atoms with E-state index in [1.165, 1.54) is 23.1 Å². The lowest BCUT2D eigenvalue weighted by Gasteiger charge is -2.12. The van der Waals surface area contributed by atoms with Crippen LogP contribution in [-0.2, 0) is 9.59 Å². The summed E-state index contributed by atoms with van der Waals surface area (Å²) in [6, 6.07) is 22.5. The van der Waals surface area contributed by atoms with Gasteiger partial charge in [-0.05, 0) is 77.0 Å². The maximum Gasteiger partial charge on any atom is 0.272 e. The number of rotatable bonds is 9. The third-order valence-corrected chi connectivity index (χ3v) is 7.48. The molecule has 4 aromatic rings. The van der Waals surface area contributed by atoms with Gasteiger partial charge in [-0.1, -0.05) is 47.5 Å². The van der Waals surface area contributed by atoms with Crippen LogP contribution in [0.15, 0.2) is 100 Å². The summed E-state index contributed by atoms with van der Waals surface area (Å²) in [6.07, 6.45) is 1.62. The van der Waals surface area contributed by atoms with E-state index < -0.39 is 5.91 Å².